The molecule has 0 aliphatic carbocycles. The van der Waals surface area contributed by atoms with Crippen molar-refractivity contribution >= 4 is 6.16 Å². The van der Waals surface area contributed by atoms with Crippen molar-refractivity contribution in [1.82, 2.24) is 0 Å². The van der Waals surface area contributed by atoms with Crippen LogP contribution in [0.15, 0.2) is 0 Å². The highest BCUT2D eigenvalue weighted by atomic mass is 16.8. The molecule has 4 nitrogen and oxygen atoms in total. The molecule has 0 aromatic heterocycles. The SMILES string of the molecule is CCOC(C)(C)OC(=O)OC. The van der Waals surface area contributed by atoms with Crippen LogP contribution in [0.5, 0.6) is 0 Å². The second-order valence-corrected chi connectivity index (χ2v) is 2.39. The Bertz CT molecular complexity index is 130. The normalized spacial score (nSPS) is 10.9. The molecule has 4 heteroatoms. The van der Waals surface area contributed by atoms with Gasteiger partial charge in [-0.1, -0.05) is 0 Å². The third kappa shape index (κ3) is 4.61. The largest absolute Gasteiger partial charge is 0.510 e. The molecule has 11 heavy (non-hydrogen) atoms. The average molecular weight is 162 g/mol. The lowest BCUT2D eigenvalue weighted by Crippen LogP contribution is -2.31. The first-order valence-corrected chi connectivity index (χ1v) is 3.42. The fourth-order valence-corrected chi connectivity index (χ4v) is 0.619. The molecule has 0 aromatic carbocycles. The summed E-state index contributed by atoms with van der Waals surface area (Å²) in [4.78, 5) is 10.6. The second-order valence-electron chi connectivity index (χ2n) is 2.39. The number of methoxy groups -OCH3 is 1. The van der Waals surface area contributed by atoms with Gasteiger partial charge in [0.05, 0.1) is 7.11 Å². The molecule has 0 radical (unpaired) electrons. The van der Waals surface area contributed by atoms with Crippen molar-refractivity contribution in [3.63, 3.8) is 0 Å². The number of carbonyl (C=O) groups is 1. The van der Waals surface area contributed by atoms with Crippen molar-refractivity contribution in [1.29, 1.82) is 0 Å². The minimum Gasteiger partial charge on any atom is -0.438 e. The van der Waals surface area contributed by atoms with Crippen LogP contribution < -0.4 is 0 Å². The van der Waals surface area contributed by atoms with Gasteiger partial charge in [0, 0.05) is 20.5 Å². The molecule has 0 saturated carbocycles. The van der Waals surface area contributed by atoms with E-state index in [4.69, 9.17) is 9.47 Å². The molecule has 0 N–H and O–H groups in total. The van der Waals surface area contributed by atoms with Crippen LogP contribution in [-0.2, 0) is 14.2 Å². The first kappa shape index (κ1) is 10.2. The lowest BCUT2D eigenvalue weighted by atomic mass is 10.4. The minimum atomic E-state index is -0.901. The molecule has 0 saturated heterocycles. The second kappa shape index (κ2) is 4.18. The smallest absolute Gasteiger partial charge is 0.438 e. The van der Waals surface area contributed by atoms with Gasteiger partial charge in [0.2, 0.25) is 5.79 Å². The van der Waals surface area contributed by atoms with Crippen molar-refractivity contribution < 1.29 is 19.0 Å². The van der Waals surface area contributed by atoms with Crippen molar-refractivity contribution in [3.05, 3.63) is 0 Å². The van der Waals surface area contributed by atoms with Crippen LogP contribution in [0, 0.1) is 0 Å². The fourth-order valence-electron chi connectivity index (χ4n) is 0.619. The van der Waals surface area contributed by atoms with Gasteiger partial charge in [0.1, 0.15) is 0 Å². The molecule has 0 rings (SSSR count). The van der Waals surface area contributed by atoms with Gasteiger partial charge >= 0.3 is 6.16 Å². The van der Waals surface area contributed by atoms with Gasteiger partial charge in [0.15, 0.2) is 0 Å². The lowest BCUT2D eigenvalue weighted by molar-refractivity contribution is -0.184. The van der Waals surface area contributed by atoms with E-state index in [0.717, 1.165) is 0 Å². The summed E-state index contributed by atoms with van der Waals surface area (Å²) in [5, 5.41) is 0. The standard InChI is InChI=1S/C7H14O4/c1-5-10-7(2,3)11-6(8)9-4/h5H2,1-4H3. The summed E-state index contributed by atoms with van der Waals surface area (Å²) in [6, 6.07) is 0. The Hall–Kier alpha value is -0.770. The zero-order valence-corrected chi connectivity index (χ0v) is 7.34. The van der Waals surface area contributed by atoms with Gasteiger partial charge in [-0.05, 0) is 6.92 Å². The maximum absolute atomic E-state index is 10.6. The number of ether oxygens (including phenoxy) is 3. The molecule has 0 aliphatic heterocycles. The molecule has 66 valence electrons. The van der Waals surface area contributed by atoms with Crippen molar-refractivity contribution in [2.45, 2.75) is 26.6 Å². The zero-order chi connectivity index (χ0) is 8.91. The highest BCUT2D eigenvalue weighted by Gasteiger charge is 2.22. The topological polar surface area (TPSA) is 44.8 Å². The van der Waals surface area contributed by atoms with E-state index in [0.29, 0.717) is 6.61 Å². The summed E-state index contributed by atoms with van der Waals surface area (Å²) in [7, 11) is 1.25. The summed E-state index contributed by atoms with van der Waals surface area (Å²) in [6.07, 6.45) is -0.733. The van der Waals surface area contributed by atoms with Crippen LogP contribution >= 0.6 is 0 Å². The molecule has 0 aromatic rings. The van der Waals surface area contributed by atoms with Crippen LogP contribution in [0.4, 0.5) is 4.79 Å². The Balaban J connectivity index is 3.80. The number of rotatable bonds is 3. The molecule has 0 atom stereocenters. The molecule has 0 heterocycles. The van der Waals surface area contributed by atoms with Gasteiger partial charge < -0.3 is 14.2 Å². The van der Waals surface area contributed by atoms with Crippen LogP contribution in [-0.4, -0.2) is 25.7 Å². The quantitative estimate of drug-likeness (QED) is 0.466. The minimum absolute atomic E-state index is 0.490. The van der Waals surface area contributed by atoms with E-state index in [-0.39, 0.29) is 0 Å². The molecule has 0 spiro atoms. The predicted octanol–water partition coefficient (Wildman–Crippen LogP) is 1.54. The molecular weight excluding hydrogens is 148 g/mol. The number of hydrogen-bond donors (Lipinski definition) is 0. The van der Waals surface area contributed by atoms with Gasteiger partial charge in [-0.3, -0.25) is 0 Å². The molecule has 0 aliphatic rings. The van der Waals surface area contributed by atoms with Gasteiger partial charge in [-0.2, -0.15) is 0 Å². The summed E-state index contributed by atoms with van der Waals surface area (Å²) in [5.74, 6) is -0.901. The van der Waals surface area contributed by atoms with Gasteiger partial charge in [-0.25, -0.2) is 4.79 Å². The molecule has 0 fully saturated rings. The Morgan fingerprint density at radius 2 is 2.00 bits per heavy atom. The van der Waals surface area contributed by atoms with E-state index in [9.17, 15) is 4.79 Å². The van der Waals surface area contributed by atoms with Crippen molar-refractivity contribution in [2.75, 3.05) is 13.7 Å². The summed E-state index contributed by atoms with van der Waals surface area (Å²) in [6.45, 7) is 5.60. The Kier molecular flexibility index (Phi) is 3.89. The summed E-state index contributed by atoms with van der Waals surface area (Å²) < 4.78 is 14.1. The molecular formula is C7H14O4. The van der Waals surface area contributed by atoms with E-state index in [2.05, 4.69) is 4.74 Å². The maximum atomic E-state index is 10.6. The average Bonchev–Trinajstić information content (AvgIpc) is 1.86. The summed E-state index contributed by atoms with van der Waals surface area (Å²) >= 11 is 0. The third-order valence-electron chi connectivity index (χ3n) is 0.988. The first-order chi connectivity index (χ1) is 5.02. The highest BCUT2D eigenvalue weighted by molar-refractivity contribution is 5.59. The molecule has 0 bridgehead atoms. The van der Waals surface area contributed by atoms with E-state index in [1.54, 1.807) is 13.8 Å². The molecule has 0 unspecified atom stereocenters. The van der Waals surface area contributed by atoms with E-state index in [1.807, 2.05) is 6.92 Å². The van der Waals surface area contributed by atoms with Crippen LogP contribution in [0.2, 0.25) is 0 Å². The number of carbonyl (C=O) groups excluding carboxylic acids is 1. The number of hydrogen-bond acceptors (Lipinski definition) is 4. The lowest BCUT2D eigenvalue weighted by Gasteiger charge is -2.23. The highest BCUT2D eigenvalue weighted by Crippen LogP contribution is 2.11. The van der Waals surface area contributed by atoms with Crippen molar-refractivity contribution in [3.8, 4) is 0 Å². The third-order valence-corrected chi connectivity index (χ3v) is 0.988. The summed E-state index contributed by atoms with van der Waals surface area (Å²) in [5.41, 5.74) is 0. The van der Waals surface area contributed by atoms with E-state index in [1.165, 1.54) is 7.11 Å². The van der Waals surface area contributed by atoms with Crippen LogP contribution in [0.3, 0.4) is 0 Å². The van der Waals surface area contributed by atoms with Crippen LogP contribution in [0.25, 0.3) is 0 Å². The maximum Gasteiger partial charge on any atom is 0.510 e. The predicted molar refractivity (Wildman–Crippen MR) is 39.2 cm³/mol. The van der Waals surface area contributed by atoms with Gasteiger partial charge in [0.25, 0.3) is 0 Å². The zero-order valence-electron chi connectivity index (χ0n) is 7.34. The van der Waals surface area contributed by atoms with Crippen molar-refractivity contribution in [2.24, 2.45) is 0 Å². The monoisotopic (exact) mass is 162 g/mol. The Morgan fingerprint density at radius 1 is 1.45 bits per heavy atom. The Labute approximate surface area is 66.4 Å². The molecule has 0 amide bonds. The van der Waals surface area contributed by atoms with E-state index < -0.39 is 11.9 Å². The van der Waals surface area contributed by atoms with E-state index >= 15 is 0 Å². The van der Waals surface area contributed by atoms with Gasteiger partial charge in [-0.15, -0.1) is 0 Å². The van der Waals surface area contributed by atoms with Crippen LogP contribution in [0.1, 0.15) is 20.8 Å². The Morgan fingerprint density at radius 3 is 2.36 bits per heavy atom. The first-order valence-electron chi connectivity index (χ1n) is 3.42. The fraction of sp³-hybridized carbons (Fsp3) is 0.857.